The molecule has 4 aliphatic rings. The van der Waals surface area contributed by atoms with Gasteiger partial charge in [0.15, 0.2) is 0 Å². The third-order valence-corrected chi connectivity index (χ3v) is 9.89. The quantitative estimate of drug-likeness (QED) is 0.264. The number of thioether (sulfide) groups is 1. The lowest BCUT2D eigenvalue weighted by molar-refractivity contribution is -0.141. The Morgan fingerprint density at radius 3 is 2.56 bits per heavy atom. The van der Waals surface area contributed by atoms with Gasteiger partial charge in [0.1, 0.15) is 11.6 Å². The molecule has 3 heterocycles. The molecule has 2 bridgehead atoms. The Morgan fingerprint density at radius 1 is 1.10 bits per heavy atom. The van der Waals surface area contributed by atoms with Crippen molar-refractivity contribution < 1.29 is 19.1 Å². The molecule has 1 aromatic carbocycles. The highest BCUT2D eigenvalue weighted by molar-refractivity contribution is 7.98. The van der Waals surface area contributed by atoms with Gasteiger partial charge in [0, 0.05) is 23.2 Å². The predicted molar refractivity (Wildman–Crippen MR) is 163 cm³/mol. The van der Waals surface area contributed by atoms with Crippen molar-refractivity contribution >= 4 is 35.2 Å². The Balaban J connectivity index is 1.38. The van der Waals surface area contributed by atoms with Crippen molar-refractivity contribution in [1.82, 2.24) is 15.1 Å². The molecule has 3 amide bonds. The van der Waals surface area contributed by atoms with Crippen LogP contribution in [0.2, 0.25) is 0 Å². The molecule has 224 valence electrons. The first-order valence-electron chi connectivity index (χ1n) is 15.6. The zero-order chi connectivity index (χ0) is 29.0. The second-order valence-corrected chi connectivity index (χ2v) is 12.9. The highest BCUT2D eigenvalue weighted by Gasteiger charge is 2.72. The van der Waals surface area contributed by atoms with Crippen LogP contribution in [0.15, 0.2) is 41.3 Å². The number of anilines is 1. The second-order valence-electron chi connectivity index (χ2n) is 12.0. The van der Waals surface area contributed by atoms with E-state index in [0.29, 0.717) is 12.2 Å². The number of ether oxygens (including phenoxy) is 1. The van der Waals surface area contributed by atoms with Gasteiger partial charge in [-0.3, -0.25) is 14.4 Å². The lowest BCUT2D eigenvalue weighted by Gasteiger charge is -2.34. The zero-order valence-corrected chi connectivity index (χ0v) is 25.6. The van der Waals surface area contributed by atoms with Crippen LogP contribution in [-0.2, 0) is 19.1 Å². The van der Waals surface area contributed by atoms with Crippen LogP contribution in [0.3, 0.4) is 0 Å². The standard InChI is InChI=1S/C32H46N4O4S/c1-4-17-35(18-5-2)19-10-20-36-28(30(38)33-22-11-7-6-8-12-22)32-16-15-25(40-32)26(27(32)31(36)39)29(37)34-23-13-9-14-24(21-23)41-3/h9,13-16,21-22,25-28H,4-8,10-12,17-20H2,1-3H3,(H,33,38)(H,34,37). The van der Waals surface area contributed by atoms with E-state index in [9.17, 15) is 14.4 Å². The van der Waals surface area contributed by atoms with Gasteiger partial charge in [-0.25, -0.2) is 0 Å². The van der Waals surface area contributed by atoms with Gasteiger partial charge in [-0.15, -0.1) is 11.8 Å². The van der Waals surface area contributed by atoms with Crippen molar-refractivity contribution in [3.05, 3.63) is 36.4 Å². The number of nitrogens with one attached hydrogen (secondary N) is 2. The van der Waals surface area contributed by atoms with Gasteiger partial charge in [0.05, 0.1) is 17.9 Å². The average Bonchev–Trinajstić information content (AvgIpc) is 3.61. The topological polar surface area (TPSA) is 91.0 Å². The molecule has 1 aliphatic carbocycles. The highest BCUT2D eigenvalue weighted by atomic mass is 32.2. The third kappa shape index (κ3) is 6.09. The second kappa shape index (κ2) is 13.3. The highest BCUT2D eigenvalue weighted by Crippen LogP contribution is 2.55. The summed E-state index contributed by atoms with van der Waals surface area (Å²) in [5.41, 5.74) is -0.417. The smallest absolute Gasteiger partial charge is 0.246 e. The number of fused-ring (bicyclic) bond motifs is 1. The summed E-state index contributed by atoms with van der Waals surface area (Å²) in [7, 11) is 0. The molecule has 3 aliphatic heterocycles. The van der Waals surface area contributed by atoms with Gasteiger partial charge in [0.25, 0.3) is 0 Å². The van der Waals surface area contributed by atoms with E-state index in [0.717, 1.165) is 69.5 Å². The number of benzene rings is 1. The van der Waals surface area contributed by atoms with E-state index >= 15 is 0 Å². The summed E-state index contributed by atoms with van der Waals surface area (Å²) in [5.74, 6) is -1.92. The SMILES string of the molecule is CCCN(CCC)CCCN1C(=O)C2C(C(=O)Nc3cccc(SC)c3)C3C=CC2(O3)C1C(=O)NC1CCCCC1. The normalized spacial score (nSPS) is 28.9. The average molecular weight is 583 g/mol. The Morgan fingerprint density at radius 2 is 1.85 bits per heavy atom. The molecular weight excluding hydrogens is 536 g/mol. The first-order valence-corrected chi connectivity index (χ1v) is 16.8. The fourth-order valence-corrected chi connectivity index (χ4v) is 7.85. The van der Waals surface area contributed by atoms with E-state index in [4.69, 9.17) is 4.74 Å². The lowest BCUT2D eigenvalue weighted by atomic mass is 9.74. The Hall–Kier alpha value is -2.36. The molecule has 2 saturated heterocycles. The molecule has 5 rings (SSSR count). The molecular formula is C32H46N4O4S. The van der Waals surface area contributed by atoms with E-state index < -0.39 is 29.6 Å². The number of nitrogens with zero attached hydrogens (tertiary/aromatic N) is 2. The van der Waals surface area contributed by atoms with Crippen LogP contribution in [-0.4, -0.2) is 83.7 Å². The summed E-state index contributed by atoms with van der Waals surface area (Å²) in [6, 6.07) is 7.05. The summed E-state index contributed by atoms with van der Waals surface area (Å²) in [6.45, 7) is 7.74. The van der Waals surface area contributed by atoms with E-state index in [2.05, 4.69) is 29.4 Å². The van der Waals surface area contributed by atoms with Crippen molar-refractivity contribution in [3.8, 4) is 0 Å². The lowest BCUT2D eigenvalue weighted by Crippen LogP contribution is -2.56. The van der Waals surface area contributed by atoms with Crippen LogP contribution in [0.25, 0.3) is 0 Å². The van der Waals surface area contributed by atoms with Crippen LogP contribution in [0, 0.1) is 11.8 Å². The molecule has 3 fully saturated rings. The minimum absolute atomic E-state index is 0.124. The van der Waals surface area contributed by atoms with Crippen molar-refractivity contribution in [2.75, 3.05) is 37.8 Å². The van der Waals surface area contributed by atoms with Crippen molar-refractivity contribution in [3.63, 3.8) is 0 Å². The number of hydrogen-bond acceptors (Lipinski definition) is 6. The summed E-state index contributed by atoms with van der Waals surface area (Å²) in [5, 5.41) is 6.32. The molecule has 8 nitrogen and oxygen atoms in total. The van der Waals surface area contributed by atoms with Crippen molar-refractivity contribution in [2.45, 2.75) is 93.9 Å². The largest absolute Gasteiger partial charge is 0.359 e. The van der Waals surface area contributed by atoms with Crippen LogP contribution in [0.5, 0.6) is 0 Å². The number of carbonyl (C=O) groups is 3. The van der Waals surface area contributed by atoms with E-state index in [-0.39, 0.29) is 23.8 Å². The molecule has 5 atom stereocenters. The molecule has 9 heteroatoms. The van der Waals surface area contributed by atoms with Crippen molar-refractivity contribution in [1.29, 1.82) is 0 Å². The fourth-order valence-electron chi connectivity index (χ4n) is 7.39. The van der Waals surface area contributed by atoms with Gasteiger partial charge < -0.3 is 25.2 Å². The first-order chi connectivity index (χ1) is 19.9. The van der Waals surface area contributed by atoms with Crippen molar-refractivity contribution in [2.24, 2.45) is 11.8 Å². The number of hydrogen-bond donors (Lipinski definition) is 2. The van der Waals surface area contributed by atoms with E-state index in [1.807, 2.05) is 42.7 Å². The Labute approximate surface area is 249 Å². The first kappa shape index (κ1) is 30.1. The summed E-state index contributed by atoms with van der Waals surface area (Å²) < 4.78 is 6.52. The third-order valence-electron chi connectivity index (χ3n) is 9.17. The maximum atomic E-state index is 14.2. The zero-order valence-electron chi connectivity index (χ0n) is 24.8. The van der Waals surface area contributed by atoms with Crippen LogP contribution < -0.4 is 10.6 Å². The summed E-state index contributed by atoms with van der Waals surface area (Å²) in [4.78, 5) is 47.1. The molecule has 2 N–H and O–H groups in total. The predicted octanol–water partition coefficient (Wildman–Crippen LogP) is 4.46. The molecule has 0 radical (unpaired) electrons. The van der Waals surface area contributed by atoms with Gasteiger partial charge in [-0.2, -0.15) is 0 Å². The number of carbonyl (C=O) groups excluding carboxylic acids is 3. The van der Waals surface area contributed by atoms with Gasteiger partial charge in [0.2, 0.25) is 17.7 Å². The van der Waals surface area contributed by atoms with Crippen LogP contribution in [0.4, 0.5) is 5.69 Å². The van der Waals surface area contributed by atoms with E-state index in [1.54, 1.807) is 16.7 Å². The van der Waals surface area contributed by atoms with Gasteiger partial charge >= 0.3 is 0 Å². The molecule has 1 spiro atoms. The summed E-state index contributed by atoms with van der Waals surface area (Å²) >= 11 is 1.61. The molecule has 5 unspecified atom stereocenters. The molecule has 41 heavy (non-hydrogen) atoms. The molecule has 0 aromatic heterocycles. The Bertz CT molecular complexity index is 1130. The molecule has 1 aromatic rings. The van der Waals surface area contributed by atoms with Gasteiger partial charge in [-0.1, -0.05) is 51.3 Å². The number of amides is 3. The maximum Gasteiger partial charge on any atom is 0.246 e. The van der Waals surface area contributed by atoms with E-state index in [1.165, 1.54) is 6.42 Å². The monoisotopic (exact) mass is 582 g/mol. The fraction of sp³-hybridized carbons (Fsp3) is 0.656. The Kier molecular flexibility index (Phi) is 9.77. The van der Waals surface area contributed by atoms with Crippen LogP contribution in [0.1, 0.15) is 65.2 Å². The van der Waals surface area contributed by atoms with Crippen LogP contribution >= 0.6 is 11.8 Å². The minimum Gasteiger partial charge on any atom is -0.359 e. The van der Waals surface area contributed by atoms with Gasteiger partial charge in [-0.05, 0) is 76.2 Å². The number of rotatable bonds is 13. The maximum absolute atomic E-state index is 14.2. The summed E-state index contributed by atoms with van der Waals surface area (Å²) in [6.07, 6.45) is 13.5. The molecule has 1 saturated carbocycles. The minimum atomic E-state index is -1.11. The number of likely N-dealkylation sites (tertiary alicyclic amines) is 1.